The zero-order valence-electron chi connectivity index (χ0n) is 12.1. The molecule has 106 valence electrons. The quantitative estimate of drug-likeness (QED) is 0.595. The Kier molecular flexibility index (Phi) is 8.14. The van der Waals surface area contributed by atoms with Gasteiger partial charge in [0.2, 0.25) is 0 Å². The van der Waals surface area contributed by atoms with Crippen molar-refractivity contribution in [1.29, 1.82) is 0 Å². The Morgan fingerprint density at radius 3 is 2.63 bits per heavy atom. The Labute approximate surface area is 121 Å². The largest absolute Gasteiger partial charge is 0.357 e. The van der Waals surface area contributed by atoms with Crippen LogP contribution in [0.4, 0.5) is 0 Å². The molecule has 3 nitrogen and oxygen atoms in total. The van der Waals surface area contributed by atoms with E-state index in [1.54, 1.807) is 0 Å². The summed E-state index contributed by atoms with van der Waals surface area (Å²) in [4.78, 5) is 4.59. The maximum Gasteiger partial charge on any atom is 0.191 e. The van der Waals surface area contributed by atoms with Crippen LogP contribution in [-0.4, -0.2) is 37.1 Å². The van der Waals surface area contributed by atoms with Crippen molar-refractivity contribution in [2.45, 2.75) is 25.5 Å². The van der Waals surface area contributed by atoms with Crippen molar-refractivity contribution in [2.24, 2.45) is 4.99 Å². The van der Waals surface area contributed by atoms with Crippen LogP contribution in [0.15, 0.2) is 35.3 Å². The second kappa shape index (κ2) is 9.73. The lowest BCUT2D eigenvalue weighted by Crippen LogP contribution is -2.38. The van der Waals surface area contributed by atoms with Crippen molar-refractivity contribution >= 4 is 17.7 Å². The molecule has 0 radical (unpaired) electrons. The zero-order chi connectivity index (χ0) is 13.9. The van der Waals surface area contributed by atoms with E-state index in [-0.39, 0.29) is 0 Å². The lowest BCUT2D eigenvalue weighted by Gasteiger charge is -2.12. The normalized spacial score (nSPS) is 13.1. The number of rotatable bonds is 7. The molecule has 1 aromatic carbocycles. The Hall–Kier alpha value is -1.16. The SMILES string of the molecule is CCNC(=NCC(C)SC)NCCc1ccccc1. The van der Waals surface area contributed by atoms with Crippen LogP contribution in [0.5, 0.6) is 0 Å². The number of hydrogen-bond donors (Lipinski definition) is 2. The van der Waals surface area contributed by atoms with Gasteiger partial charge in [-0.2, -0.15) is 11.8 Å². The Morgan fingerprint density at radius 1 is 1.26 bits per heavy atom. The lowest BCUT2D eigenvalue weighted by atomic mass is 10.1. The van der Waals surface area contributed by atoms with Gasteiger partial charge in [0.05, 0.1) is 6.54 Å². The van der Waals surface area contributed by atoms with Gasteiger partial charge in [0, 0.05) is 18.3 Å². The Morgan fingerprint density at radius 2 is 2.00 bits per heavy atom. The fourth-order valence-electron chi connectivity index (χ4n) is 1.61. The highest BCUT2D eigenvalue weighted by atomic mass is 32.2. The van der Waals surface area contributed by atoms with E-state index in [1.807, 2.05) is 17.8 Å². The van der Waals surface area contributed by atoms with Gasteiger partial charge in [-0.25, -0.2) is 0 Å². The fourth-order valence-corrected chi connectivity index (χ4v) is 1.83. The molecule has 0 aliphatic rings. The van der Waals surface area contributed by atoms with Crippen LogP contribution in [0, 0.1) is 0 Å². The number of thioether (sulfide) groups is 1. The van der Waals surface area contributed by atoms with Crippen LogP contribution in [0.2, 0.25) is 0 Å². The molecule has 0 aliphatic heterocycles. The fraction of sp³-hybridized carbons (Fsp3) is 0.533. The van der Waals surface area contributed by atoms with E-state index in [0.29, 0.717) is 5.25 Å². The molecule has 0 fully saturated rings. The van der Waals surface area contributed by atoms with Crippen molar-refractivity contribution < 1.29 is 0 Å². The first-order valence-corrected chi connectivity index (χ1v) is 8.14. The van der Waals surface area contributed by atoms with Crippen LogP contribution >= 0.6 is 11.8 Å². The Balaban J connectivity index is 2.37. The van der Waals surface area contributed by atoms with Crippen molar-refractivity contribution in [1.82, 2.24) is 10.6 Å². The smallest absolute Gasteiger partial charge is 0.191 e. The van der Waals surface area contributed by atoms with Gasteiger partial charge in [0.1, 0.15) is 0 Å². The molecule has 0 saturated carbocycles. The second-order valence-corrected chi connectivity index (χ2v) is 5.70. The zero-order valence-corrected chi connectivity index (χ0v) is 13.0. The number of aliphatic imine (C=N–C) groups is 1. The minimum Gasteiger partial charge on any atom is -0.357 e. The van der Waals surface area contributed by atoms with E-state index in [4.69, 9.17) is 0 Å². The molecular formula is C15H25N3S. The second-order valence-electron chi connectivity index (χ2n) is 4.43. The van der Waals surface area contributed by atoms with Crippen molar-refractivity contribution in [3.63, 3.8) is 0 Å². The number of benzene rings is 1. The molecule has 0 aliphatic carbocycles. The summed E-state index contributed by atoms with van der Waals surface area (Å²) in [6, 6.07) is 10.5. The first-order chi connectivity index (χ1) is 9.26. The lowest BCUT2D eigenvalue weighted by molar-refractivity contribution is 0.796. The van der Waals surface area contributed by atoms with Gasteiger partial charge in [-0.15, -0.1) is 0 Å². The predicted molar refractivity (Wildman–Crippen MR) is 87.1 cm³/mol. The summed E-state index contributed by atoms with van der Waals surface area (Å²) in [5.41, 5.74) is 1.35. The number of nitrogens with zero attached hydrogens (tertiary/aromatic N) is 1. The van der Waals surface area contributed by atoms with Gasteiger partial charge in [-0.3, -0.25) is 4.99 Å². The minimum atomic E-state index is 0.560. The molecule has 1 rings (SSSR count). The molecule has 1 atom stereocenters. The third-order valence-corrected chi connectivity index (χ3v) is 3.76. The number of hydrogen-bond acceptors (Lipinski definition) is 2. The third-order valence-electron chi connectivity index (χ3n) is 2.80. The molecule has 1 unspecified atom stereocenters. The highest BCUT2D eigenvalue weighted by molar-refractivity contribution is 7.99. The maximum absolute atomic E-state index is 4.59. The molecule has 1 aromatic rings. The molecule has 0 spiro atoms. The molecule has 4 heteroatoms. The van der Waals surface area contributed by atoms with Gasteiger partial charge in [0.15, 0.2) is 5.96 Å². The summed E-state index contributed by atoms with van der Waals surface area (Å²) < 4.78 is 0. The van der Waals surface area contributed by atoms with Gasteiger partial charge in [-0.1, -0.05) is 37.3 Å². The van der Waals surface area contributed by atoms with Crippen molar-refractivity contribution in [3.8, 4) is 0 Å². The molecule has 0 amide bonds. The minimum absolute atomic E-state index is 0.560. The van der Waals surface area contributed by atoms with E-state index in [0.717, 1.165) is 32.0 Å². The Bertz CT molecular complexity index is 365. The third kappa shape index (κ3) is 7.11. The summed E-state index contributed by atoms with van der Waals surface area (Å²) >= 11 is 1.84. The molecule has 19 heavy (non-hydrogen) atoms. The number of guanidine groups is 1. The summed E-state index contributed by atoms with van der Waals surface area (Å²) in [6.07, 6.45) is 3.14. The summed E-state index contributed by atoms with van der Waals surface area (Å²) in [5, 5.41) is 7.22. The van der Waals surface area contributed by atoms with Crippen molar-refractivity contribution in [3.05, 3.63) is 35.9 Å². The van der Waals surface area contributed by atoms with Gasteiger partial charge in [-0.05, 0) is 25.2 Å². The first kappa shape index (κ1) is 15.9. The molecule has 0 heterocycles. The molecule has 0 bridgehead atoms. The van der Waals surface area contributed by atoms with E-state index < -0.39 is 0 Å². The van der Waals surface area contributed by atoms with Gasteiger partial charge >= 0.3 is 0 Å². The van der Waals surface area contributed by atoms with Crippen LogP contribution in [-0.2, 0) is 6.42 Å². The van der Waals surface area contributed by atoms with E-state index >= 15 is 0 Å². The topological polar surface area (TPSA) is 36.4 Å². The van der Waals surface area contributed by atoms with Gasteiger partial charge in [0.25, 0.3) is 0 Å². The average molecular weight is 279 g/mol. The summed E-state index contributed by atoms with van der Waals surface area (Å²) in [7, 11) is 0. The summed E-state index contributed by atoms with van der Waals surface area (Å²) in [6.45, 7) is 6.93. The van der Waals surface area contributed by atoms with Crippen LogP contribution in [0.25, 0.3) is 0 Å². The number of nitrogens with one attached hydrogen (secondary N) is 2. The molecule has 2 N–H and O–H groups in total. The average Bonchev–Trinajstić information content (AvgIpc) is 2.45. The van der Waals surface area contributed by atoms with E-state index in [1.165, 1.54) is 5.56 Å². The summed E-state index contributed by atoms with van der Waals surface area (Å²) in [5.74, 6) is 0.916. The van der Waals surface area contributed by atoms with Crippen LogP contribution in [0.1, 0.15) is 19.4 Å². The molecule has 0 aromatic heterocycles. The van der Waals surface area contributed by atoms with Crippen molar-refractivity contribution in [2.75, 3.05) is 25.9 Å². The highest BCUT2D eigenvalue weighted by Crippen LogP contribution is 2.04. The van der Waals surface area contributed by atoms with E-state index in [2.05, 4.69) is 60.0 Å². The van der Waals surface area contributed by atoms with Crippen LogP contribution < -0.4 is 10.6 Å². The molecular weight excluding hydrogens is 254 g/mol. The van der Waals surface area contributed by atoms with Gasteiger partial charge < -0.3 is 10.6 Å². The molecule has 0 saturated heterocycles. The van der Waals surface area contributed by atoms with Crippen LogP contribution in [0.3, 0.4) is 0 Å². The monoisotopic (exact) mass is 279 g/mol. The highest BCUT2D eigenvalue weighted by Gasteiger charge is 2.00. The van der Waals surface area contributed by atoms with E-state index in [9.17, 15) is 0 Å². The predicted octanol–water partition coefficient (Wildman–Crippen LogP) is 2.54. The maximum atomic E-state index is 4.59. The standard InChI is InChI=1S/C15H25N3S/c1-4-16-15(18-12-13(2)19-3)17-11-10-14-8-6-5-7-9-14/h5-9,13H,4,10-12H2,1-3H3,(H2,16,17,18). The first-order valence-electron chi connectivity index (χ1n) is 6.85.